The van der Waals surface area contributed by atoms with Gasteiger partial charge in [0.1, 0.15) is 18.9 Å². The fourth-order valence-corrected chi connectivity index (χ4v) is 3.94. The molecule has 1 aromatic carbocycles. The number of thiocarbonyl (C=S) groups is 1. The average molecular weight is 352 g/mol. The fraction of sp³-hybridized carbons (Fsp3) is 0.611. The maximum atomic E-state index is 13.0. The molecule has 0 unspecified atom stereocenters. The molecule has 1 atom stereocenters. The number of quaternary nitrogens is 1. The summed E-state index contributed by atoms with van der Waals surface area (Å²) in [6.45, 7) is 6.19. The SMILES string of the molecule is Fc1ccc(NC(=S)N2CCCC[C@H]2CC[NH+]2CCOCC2)cc1. The maximum absolute atomic E-state index is 13.0. The van der Waals surface area contributed by atoms with E-state index in [1.165, 1.54) is 44.4 Å². The number of anilines is 1. The Hall–Kier alpha value is -1.24. The van der Waals surface area contributed by atoms with Crippen molar-refractivity contribution in [2.75, 3.05) is 44.7 Å². The lowest BCUT2D eigenvalue weighted by Crippen LogP contribution is -3.14. The van der Waals surface area contributed by atoms with Crippen LogP contribution < -0.4 is 10.2 Å². The van der Waals surface area contributed by atoms with Crippen molar-refractivity contribution in [2.45, 2.75) is 31.7 Å². The molecule has 3 rings (SSSR count). The predicted molar refractivity (Wildman–Crippen MR) is 98.0 cm³/mol. The van der Waals surface area contributed by atoms with Crippen molar-refractivity contribution in [3.63, 3.8) is 0 Å². The smallest absolute Gasteiger partial charge is 0.173 e. The summed E-state index contributed by atoms with van der Waals surface area (Å²) in [4.78, 5) is 3.98. The third-order valence-corrected chi connectivity index (χ3v) is 5.35. The highest BCUT2D eigenvalue weighted by Gasteiger charge is 2.26. The van der Waals surface area contributed by atoms with E-state index in [4.69, 9.17) is 17.0 Å². The Balaban J connectivity index is 1.54. The molecule has 0 amide bonds. The van der Waals surface area contributed by atoms with E-state index in [-0.39, 0.29) is 5.82 Å². The van der Waals surface area contributed by atoms with Gasteiger partial charge in [-0.1, -0.05) is 0 Å². The molecule has 132 valence electrons. The topological polar surface area (TPSA) is 28.9 Å². The van der Waals surface area contributed by atoms with Crippen LogP contribution in [0.3, 0.4) is 0 Å². The number of likely N-dealkylation sites (tertiary alicyclic amines) is 1. The van der Waals surface area contributed by atoms with Crippen LogP contribution in [-0.2, 0) is 4.74 Å². The lowest BCUT2D eigenvalue weighted by molar-refractivity contribution is -0.908. The molecule has 0 spiro atoms. The molecule has 2 saturated heterocycles. The Morgan fingerprint density at radius 3 is 2.75 bits per heavy atom. The Morgan fingerprint density at radius 2 is 2.00 bits per heavy atom. The van der Waals surface area contributed by atoms with Crippen molar-refractivity contribution in [1.29, 1.82) is 0 Å². The summed E-state index contributed by atoms with van der Waals surface area (Å²) in [5.41, 5.74) is 0.851. The van der Waals surface area contributed by atoms with E-state index < -0.39 is 0 Å². The Morgan fingerprint density at radius 1 is 1.25 bits per heavy atom. The monoisotopic (exact) mass is 352 g/mol. The number of morpholine rings is 1. The molecular formula is C18H27FN3OS+. The van der Waals surface area contributed by atoms with Gasteiger partial charge in [0.05, 0.1) is 19.8 Å². The minimum absolute atomic E-state index is 0.226. The first-order valence-electron chi connectivity index (χ1n) is 8.97. The van der Waals surface area contributed by atoms with E-state index in [2.05, 4.69) is 10.2 Å². The Labute approximate surface area is 149 Å². The highest BCUT2D eigenvalue weighted by molar-refractivity contribution is 7.80. The number of nitrogens with one attached hydrogen (secondary N) is 2. The number of halogens is 1. The van der Waals surface area contributed by atoms with Crippen LogP contribution in [0, 0.1) is 5.82 Å². The molecule has 2 N–H and O–H groups in total. The molecule has 0 bridgehead atoms. The minimum Gasteiger partial charge on any atom is -0.370 e. The third-order valence-electron chi connectivity index (χ3n) is 5.01. The van der Waals surface area contributed by atoms with Crippen LogP contribution >= 0.6 is 12.2 Å². The summed E-state index contributed by atoms with van der Waals surface area (Å²) >= 11 is 5.63. The molecule has 4 nitrogen and oxygen atoms in total. The summed E-state index contributed by atoms with van der Waals surface area (Å²) in [7, 11) is 0. The van der Waals surface area contributed by atoms with E-state index in [1.807, 2.05) is 0 Å². The number of nitrogens with zero attached hydrogens (tertiary/aromatic N) is 1. The zero-order chi connectivity index (χ0) is 16.8. The highest BCUT2D eigenvalue weighted by atomic mass is 32.1. The minimum atomic E-state index is -0.226. The van der Waals surface area contributed by atoms with Gasteiger partial charge in [-0.15, -0.1) is 0 Å². The molecule has 6 heteroatoms. The number of benzene rings is 1. The number of rotatable bonds is 4. The second-order valence-corrected chi connectivity index (χ2v) is 7.07. The van der Waals surface area contributed by atoms with Crippen LogP contribution in [0.1, 0.15) is 25.7 Å². The average Bonchev–Trinajstić information content (AvgIpc) is 2.63. The Bertz CT molecular complexity index is 534. The summed E-state index contributed by atoms with van der Waals surface area (Å²) in [5.74, 6) is -0.226. The summed E-state index contributed by atoms with van der Waals surface area (Å²) in [6, 6.07) is 6.90. The van der Waals surface area contributed by atoms with Gasteiger partial charge < -0.3 is 19.9 Å². The molecular weight excluding hydrogens is 325 g/mol. The van der Waals surface area contributed by atoms with E-state index in [1.54, 1.807) is 17.0 Å². The highest BCUT2D eigenvalue weighted by Crippen LogP contribution is 2.21. The van der Waals surface area contributed by atoms with E-state index >= 15 is 0 Å². The number of ether oxygens (including phenoxy) is 1. The molecule has 24 heavy (non-hydrogen) atoms. The molecule has 2 fully saturated rings. The summed E-state index contributed by atoms with van der Waals surface area (Å²) in [6.07, 6.45) is 4.83. The van der Waals surface area contributed by atoms with Gasteiger partial charge in [0.15, 0.2) is 5.11 Å². The van der Waals surface area contributed by atoms with Crippen LogP contribution in [-0.4, -0.2) is 55.4 Å². The van der Waals surface area contributed by atoms with Gasteiger partial charge in [-0.2, -0.15) is 0 Å². The summed E-state index contributed by atoms with van der Waals surface area (Å²) in [5, 5.41) is 4.04. The van der Waals surface area contributed by atoms with E-state index in [0.29, 0.717) is 6.04 Å². The van der Waals surface area contributed by atoms with Gasteiger partial charge in [0.25, 0.3) is 0 Å². The first kappa shape index (κ1) is 17.6. The number of piperidine rings is 1. The number of hydrogen-bond acceptors (Lipinski definition) is 2. The van der Waals surface area contributed by atoms with Crippen molar-refractivity contribution < 1.29 is 14.0 Å². The lowest BCUT2D eigenvalue weighted by atomic mass is 9.99. The van der Waals surface area contributed by atoms with Gasteiger partial charge in [-0.3, -0.25) is 0 Å². The quantitative estimate of drug-likeness (QED) is 0.807. The van der Waals surface area contributed by atoms with E-state index in [9.17, 15) is 4.39 Å². The standard InChI is InChI=1S/C18H26FN3OS/c19-15-4-6-16(7-5-15)20-18(24)22-9-2-1-3-17(22)8-10-21-11-13-23-14-12-21/h4-7,17H,1-3,8-14H2,(H,20,24)/p+1/t17-/m0/s1. The first-order chi connectivity index (χ1) is 11.7. The second-order valence-electron chi connectivity index (χ2n) is 6.68. The van der Waals surface area contributed by atoms with Crippen LogP contribution in [0.2, 0.25) is 0 Å². The molecule has 0 aromatic heterocycles. The van der Waals surface area contributed by atoms with Gasteiger partial charge in [0.2, 0.25) is 0 Å². The number of hydrogen-bond donors (Lipinski definition) is 2. The Kier molecular flexibility index (Phi) is 6.40. The zero-order valence-corrected chi connectivity index (χ0v) is 14.9. The van der Waals surface area contributed by atoms with Gasteiger partial charge >= 0.3 is 0 Å². The fourth-order valence-electron chi connectivity index (χ4n) is 3.58. The van der Waals surface area contributed by atoms with Crippen molar-refractivity contribution in [3.8, 4) is 0 Å². The molecule has 0 radical (unpaired) electrons. The van der Waals surface area contributed by atoms with Crippen LogP contribution in [0.15, 0.2) is 24.3 Å². The van der Waals surface area contributed by atoms with Crippen LogP contribution in [0.25, 0.3) is 0 Å². The molecule has 2 aliphatic rings. The predicted octanol–water partition coefficient (Wildman–Crippen LogP) is 1.68. The normalized spacial score (nSPS) is 22.4. The van der Waals surface area contributed by atoms with Crippen molar-refractivity contribution in [1.82, 2.24) is 4.90 Å². The molecule has 1 aromatic rings. The van der Waals surface area contributed by atoms with Crippen molar-refractivity contribution >= 4 is 23.0 Å². The first-order valence-corrected chi connectivity index (χ1v) is 9.38. The molecule has 2 aliphatic heterocycles. The third kappa shape index (κ3) is 4.88. The van der Waals surface area contributed by atoms with Gasteiger partial charge in [-0.05, 0) is 55.7 Å². The van der Waals surface area contributed by atoms with Crippen LogP contribution in [0.5, 0.6) is 0 Å². The van der Waals surface area contributed by atoms with Crippen molar-refractivity contribution in [3.05, 3.63) is 30.1 Å². The second kappa shape index (κ2) is 8.74. The molecule has 2 heterocycles. The van der Waals surface area contributed by atoms with E-state index in [0.717, 1.165) is 43.6 Å². The zero-order valence-electron chi connectivity index (χ0n) is 14.1. The van der Waals surface area contributed by atoms with Gasteiger partial charge in [0, 0.05) is 24.7 Å². The molecule has 0 aliphatic carbocycles. The largest absolute Gasteiger partial charge is 0.370 e. The van der Waals surface area contributed by atoms with Gasteiger partial charge in [-0.25, -0.2) is 4.39 Å². The summed E-state index contributed by atoms with van der Waals surface area (Å²) < 4.78 is 18.5. The maximum Gasteiger partial charge on any atom is 0.173 e. The molecule has 0 saturated carbocycles. The lowest BCUT2D eigenvalue weighted by Gasteiger charge is -2.38. The van der Waals surface area contributed by atoms with Crippen molar-refractivity contribution in [2.24, 2.45) is 0 Å². The van der Waals surface area contributed by atoms with Crippen LogP contribution in [0.4, 0.5) is 10.1 Å².